The standard InChI is InChI=1S/C30H32N4O3/c1-21-26(19-30(32)35)27-18-24(36-2)13-14-29(27)34(21)15-6-7-16-37-25-12-8-9-22(17-25)28(20-31)33-23-10-4-3-5-11-23/h3-5,8-14,17-18,28,33H,6-7,15-16,19H2,1-2H3,(H2,32,35). The van der Waals surface area contributed by atoms with Crippen molar-refractivity contribution in [1.82, 2.24) is 4.57 Å². The SMILES string of the molecule is COc1ccc2c(c1)c(CC(N)=O)c(C)n2CCCCOc1cccc(C(C#N)Nc2ccccc2)c1. The quantitative estimate of drug-likeness (QED) is 0.251. The molecule has 0 aliphatic rings. The molecule has 0 spiro atoms. The number of unbranched alkanes of at least 4 members (excludes halogenated alkanes) is 1. The van der Waals surface area contributed by atoms with E-state index in [9.17, 15) is 10.1 Å². The van der Waals surface area contributed by atoms with E-state index in [0.717, 1.165) is 64.3 Å². The fraction of sp³-hybridized carbons (Fsp3) is 0.267. The molecule has 0 saturated heterocycles. The number of nitrogens with zero attached hydrogens (tertiary/aromatic N) is 2. The first kappa shape index (κ1) is 25.6. The van der Waals surface area contributed by atoms with Gasteiger partial charge < -0.3 is 25.1 Å². The molecule has 0 aliphatic carbocycles. The van der Waals surface area contributed by atoms with Crippen LogP contribution in [0.25, 0.3) is 10.9 Å². The Labute approximate surface area is 217 Å². The number of methoxy groups -OCH3 is 1. The summed E-state index contributed by atoms with van der Waals surface area (Å²) < 4.78 is 13.6. The van der Waals surface area contributed by atoms with Gasteiger partial charge in [0.25, 0.3) is 0 Å². The van der Waals surface area contributed by atoms with E-state index in [1.54, 1.807) is 7.11 Å². The lowest BCUT2D eigenvalue weighted by molar-refractivity contribution is -0.117. The number of nitriles is 1. The average Bonchev–Trinajstić information content (AvgIpc) is 3.17. The summed E-state index contributed by atoms with van der Waals surface area (Å²) in [6.07, 6.45) is 1.96. The van der Waals surface area contributed by atoms with Crippen molar-refractivity contribution in [2.45, 2.75) is 38.8 Å². The number of aryl methyl sites for hydroxylation is 1. The van der Waals surface area contributed by atoms with Gasteiger partial charge in [0.1, 0.15) is 17.5 Å². The molecule has 3 aromatic carbocycles. The summed E-state index contributed by atoms with van der Waals surface area (Å²) in [4.78, 5) is 11.7. The number of fused-ring (bicyclic) bond motifs is 1. The number of carbonyl (C=O) groups excluding carboxylic acids is 1. The van der Waals surface area contributed by atoms with Crippen LogP contribution in [0.4, 0.5) is 5.69 Å². The lowest BCUT2D eigenvalue weighted by atomic mass is 10.1. The van der Waals surface area contributed by atoms with E-state index < -0.39 is 6.04 Å². The average molecular weight is 497 g/mol. The number of primary amides is 1. The Kier molecular flexibility index (Phi) is 8.32. The highest BCUT2D eigenvalue weighted by Gasteiger charge is 2.16. The summed E-state index contributed by atoms with van der Waals surface area (Å²) in [6, 6.07) is 25.1. The summed E-state index contributed by atoms with van der Waals surface area (Å²) in [5.41, 5.74) is 10.3. The zero-order chi connectivity index (χ0) is 26.2. The lowest BCUT2D eigenvalue weighted by Gasteiger charge is -2.15. The molecule has 1 atom stereocenters. The first-order valence-electron chi connectivity index (χ1n) is 12.4. The number of para-hydroxylation sites is 1. The van der Waals surface area contributed by atoms with Crippen LogP contribution in [0, 0.1) is 18.3 Å². The van der Waals surface area contributed by atoms with Crippen molar-refractivity contribution in [3.63, 3.8) is 0 Å². The van der Waals surface area contributed by atoms with E-state index in [2.05, 4.69) is 16.0 Å². The number of nitrogens with one attached hydrogen (secondary N) is 1. The molecule has 0 bridgehead atoms. The maximum absolute atomic E-state index is 11.7. The van der Waals surface area contributed by atoms with Gasteiger partial charge in [-0.1, -0.05) is 30.3 Å². The fourth-order valence-corrected chi connectivity index (χ4v) is 4.58. The zero-order valence-electron chi connectivity index (χ0n) is 21.2. The minimum atomic E-state index is -0.468. The van der Waals surface area contributed by atoms with E-state index in [0.29, 0.717) is 6.61 Å². The molecule has 37 heavy (non-hydrogen) atoms. The molecule has 4 rings (SSSR count). The van der Waals surface area contributed by atoms with E-state index in [4.69, 9.17) is 15.2 Å². The third-order valence-corrected chi connectivity index (χ3v) is 6.46. The molecule has 3 N–H and O–H groups in total. The Balaban J connectivity index is 1.36. The number of ether oxygens (including phenoxy) is 2. The van der Waals surface area contributed by atoms with Crippen LogP contribution in [0.1, 0.15) is 35.7 Å². The molecule has 4 aromatic rings. The van der Waals surface area contributed by atoms with Crippen LogP contribution < -0.4 is 20.5 Å². The monoisotopic (exact) mass is 496 g/mol. The third-order valence-electron chi connectivity index (χ3n) is 6.46. The van der Waals surface area contributed by atoms with Crippen LogP contribution >= 0.6 is 0 Å². The van der Waals surface area contributed by atoms with Gasteiger partial charge in [-0.15, -0.1) is 0 Å². The number of aromatic nitrogens is 1. The number of rotatable bonds is 12. The van der Waals surface area contributed by atoms with Crippen molar-refractivity contribution >= 4 is 22.5 Å². The summed E-state index contributed by atoms with van der Waals surface area (Å²) in [7, 11) is 1.63. The maximum atomic E-state index is 11.7. The Morgan fingerprint density at radius 3 is 2.59 bits per heavy atom. The molecule has 7 nitrogen and oxygen atoms in total. The van der Waals surface area contributed by atoms with Crippen molar-refractivity contribution in [1.29, 1.82) is 5.26 Å². The predicted octanol–water partition coefficient (Wildman–Crippen LogP) is 5.52. The van der Waals surface area contributed by atoms with Gasteiger partial charge in [-0.3, -0.25) is 4.79 Å². The third kappa shape index (κ3) is 6.22. The van der Waals surface area contributed by atoms with Gasteiger partial charge >= 0.3 is 0 Å². The van der Waals surface area contributed by atoms with Gasteiger partial charge in [0.2, 0.25) is 5.91 Å². The first-order chi connectivity index (χ1) is 18.0. The van der Waals surface area contributed by atoms with Crippen molar-refractivity contribution in [2.75, 3.05) is 19.0 Å². The largest absolute Gasteiger partial charge is 0.497 e. The second kappa shape index (κ2) is 12.0. The minimum Gasteiger partial charge on any atom is -0.497 e. The molecular weight excluding hydrogens is 464 g/mol. The molecule has 0 saturated carbocycles. The van der Waals surface area contributed by atoms with Crippen LogP contribution in [-0.2, 0) is 17.8 Å². The molecule has 7 heteroatoms. The second-order valence-electron chi connectivity index (χ2n) is 8.94. The van der Waals surface area contributed by atoms with Crippen molar-refractivity contribution in [2.24, 2.45) is 5.73 Å². The van der Waals surface area contributed by atoms with E-state index in [1.165, 1.54) is 0 Å². The van der Waals surface area contributed by atoms with Gasteiger partial charge in [-0.05, 0) is 73.4 Å². The van der Waals surface area contributed by atoms with Gasteiger partial charge in [0.05, 0.1) is 26.2 Å². The van der Waals surface area contributed by atoms with Gasteiger partial charge in [-0.2, -0.15) is 5.26 Å². The zero-order valence-corrected chi connectivity index (χ0v) is 21.2. The Morgan fingerprint density at radius 2 is 1.86 bits per heavy atom. The summed E-state index contributed by atoms with van der Waals surface area (Å²) in [5.74, 6) is 1.15. The number of amides is 1. The van der Waals surface area contributed by atoms with Crippen LogP contribution in [0.2, 0.25) is 0 Å². The number of hydrogen-bond acceptors (Lipinski definition) is 5. The normalized spacial score (nSPS) is 11.6. The number of hydrogen-bond donors (Lipinski definition) is 2. The highest BCUT2D eigenvalue weighted by atomic mass is 16.5. The maximum Gasteiger partial charge on any atom is 0.221 e. The topological polar surface area (TPSA) is 102 Å². The number of carbonyl (C=O) groups is 1. The molecular formula is C30H32N4O3. The van der Waals surface area contributed by atoms with Gasteiger partial charge in [-0.25, -0.2) is 0 Å². The summed E-state index contributed by atoms with van der Waals surface area (Å²) in [5, 5.41) is 13.9. The van der Waals surface area contributed by atoms with E-state index in [1.807, 2.05) is 79.7 Å². The summed E-state index contributed by atoms with van der Waals surface area (Å²) >= 11 is 0. The predicted molar refractivity (Wildman–Crippen MR) is 146 cm³/mol. The Morgan fingerprint density at radius 1 is 1.05 bits per heavy atom. The number of benzene rings is 3. The first-order valence-corrected chi connectivity index (χ1v) is 12.4. The highest BCUT2D eigenvalue weighted by molar-refractivity contribution is 5.91. The molecule has 0 fully saturated rings. The number of anilines is 1. The number of nitrogens with two attached hydrogens (primary N) is 1. The molecule has 190 valence electrons. The van der Waals surface area contributed by atoms with Crippen LogP contribution in [-0.4, -0.2) is 24.2 Å². The smallest absolute Gasteiger partial charge is 0.221 e. The minimum absolute atomic E-state index is 0.199. The van der Waals surface area contributed by atoms with Gasteiger partial charge in [0.15, 0.2) is 0 Å². The van der Waals surface area contributed by atoms with E-state index >= 15 is 0 Å². The molecule has 0 aliphatic heterocycles. The molecule has 0 radical (unpaired) electrons. The molecule has 1 amide bonds. The van der Waals surface area contributed by atoms with Crippen molar-refractivity contribution in [3.05, 3.63) is 89.6 Å². The van der Waals surface area contributed by atoms with Crippen LogP contribution in [0.5, 0.6) is 11.5 Å². The van der Waals surface area contributed by atoms with E-state index in [-0.39, 0.29) is 12.3 Å². The molecule has 1 unspecified atom stereocenters. The molecule has 1 aromatic heterocycles. The van der Waals surface area contributed by atoms with Crippen LogP contribution in [0.15, 0.2) is 72.8 Å². The Bertz CT molecular complexity index is 1410. The molecule has 1 heterocycles. The lowest BCUT2D eigenvalue weighted by Crippen LogP contribution is -2.14. The van der Waals surface area contributed by atoms with Crippen molar-refractivity contribution < 1.29 is 14.3 Å². The van der Waals surface area contributed by atoms with Crippen LogP contribution in [0.3, 0.4) is 0 Å². The second-order valence-corrected chi connectivity index (χ2v) is 8.94. The highest BCUT2D eigenvalue weighted by Crippen LogP contribution is 2.30. The Hall–Kier alpha value is -4.44. The van der Waals surface area contributed by atoms with Crippen molar-refractivity contribution in [3.8, 4) is 17.6 Å². The fourth-order valence-electron chi connectivity index (χ4n) is 4.58. The summed E-state index contributed by atoms with van der Waals surface area (Å²) in [6.45, 7) is 3.39. The van der Waals surface area contributed by atoms with Gasteiger partial charge in [0, 0.05) is 28.8 Å².